The van der Waals surface area contributed by atoms with Crippen LogP contribution in [0.3, 0.4) is 0 Å². The minimum Gasteiger partial charge on any atom is -0.480 e. The molecule has 0 unspecified atom stereocenters. The Morgan fingerprint density at radius 1 is 1.26 bits per heavy atom. The van der Waals surface area contributed by atoms with Crippen molar-refractivity contribution in [2.75, 3.05) is 11.4 Å². The Labute approximate surface area is 110 Å². The van der Waals surface area contributed by atoms with Crippen LogP contribution in [0.5, 0.6) is 0 Å². The number of amides is 3. The van der Waals surface area contributed by atoms with Crippen molar-refractivity contribution in [3.05, 3.63) is 29.8 Å². The first-order chi connectivity index (χ1) is 8.91. The van der Waals surface area contributed by atoms with E-state index in [1.54, 1.807) is 19.1 Å². The van der Waals surface area contributed by atoms with Crippen LogP contribution in [-0.4, -0.2) is 40.5 Å². The normalized spacial score (nSPS) is 19.2. The third-order valence-electron chi connectivity index (χ3n) is 3.05. The highest BCUT2D eigenvalue weighted by Gasteiger charge is 2.43. The third-order valence-corrected chi connectivity index (χ3v) is 3.05. The number of urea groups is 1. The van der Waals surface area contributed by atoms with Crippen LogP contribution >= 0.6 is 0 Å². The molecule has 0 aromatic heterocycles. The fourth-order valence-corrected chi connectivity index (χ4v) is 2.05. The molecule has 0 bridgehead atoms. The number of hydrogen-bond donors (Lipinski definition) is 1. The predicted octanol–water partition coefficient (Wildman–Crippen LogP) is 1.24. The number of rotatable bonds is 3. The standard InChI is InChI=1S/C13H14N2O4/c1-8-3-5-10(6-4-8)15-9(2)12(18)14(13(15)19)7-11(16)17/h3-6,9H,7H2,1-2H3,(H,16,17)/t9-/m0/s1. The lowest BCUT2D eigenvalue weighted by molar-refractivity contribution is -0.141. The summed E-state index contributed by atoms with van der Waals surface area (Å²) in [4.78, 5) is 36.8. The summed E-state index contributed by atoms with van der Waals surface area (Å²) in [5.74, 6) is -1.70. The van der Waals surface area contributed by atoms with Gasteiger partial charge in [0.15, 0.2) is 0 Å². The van der Waals surface area contributed by atoms with Crippen LogP contribution in [0.15, 0.2) is 24.3 Å². The van der Waals surface area contributed by atoms with Gasteiger partial charge in [0.1, 0.15) is 12.6 Å². The van der Waals surface area contributed by atoms with E-state index in [-0.39, 0.29) is 0 Å². The maximum absolute atomic E-state index is 12.1. The van der Waals surface area contributed by atoms with Gasteiger partial charge in [-0.15, -0.1) is 0 Å². The molecule has 0 saturated carbocycles. The van der Waals surface area contributed by atoms with Crippen molar-refractivity contribution in [1.82, 2.24) is 4.90 Å². The van der Waals surface area contributed by atoms with Gasteiger partial charge in [0, 0.05) is 5.69 Å². The Morgan fingerprint density at radius 2 is 1.84 bits per heavy atom. The van der Waals surface area contributed by atoms with Gasteiger partial charge in [0.05, 0.1) is 0 Å². The number of carboxylic acids is 1. The van der Waals surface area contributed by atoms with E-state index in [0.717, 1.165) is 10.5 Å². The van der Waals surface area contributed by atoms with Gasteiger partial charge in [0.2, 0.25) is 0 Å². The van der Waals surface area contributed by atoms with Gasteiger partial charge in [-0.2, -0.15) is 0 Å². The molecule has 2 rings (SSSR count). The quantitative estimate of drug-likeness (QED) is 0.831. The summed E-state index contributed by atoms with van der Waals surface area (Å²) in [5, 5.41) is 8.72. The monoisotopic (exact) mass is 262 g/mol. The average Bonchev–Trinajstić information content (AvgIpc) is 2.55. The second-order valence-corrected chi connectivity index (χ2v) is 4.48. The van der Waals surface area contributed by atoms with Crippen molar-refractivity contribution in [3.63, 3.8) is 0 Å². The van der Waals surface area contributed by atoms with Crippen molar-refractivity contribution in [2.24, 2.45) is 0 Å². The highest BCUT2D eigenvalue weighted by atomic mass is 16.4. The van der Waals surface area contributed by atoms with Gasteiger partial charge in [0.25, 0.3) is 5.91 Å². The number of benzene rings is 1. The second-order valence-electron chi connectivity index (χ2n) is 4.48. The SMILES string of the molecule is Cc1ccc(N2C(=O)N(CC(=O)O)C(=O)[C@@H]2C)cc1. The van der Waals surface area contributed by atoms with Crippen molar-refractivity contribution >= 4 is 23.6 Å². The summed E-state index contributed by atoms with van der Waals surface area (Å²) >= 11 is 0. The molecule has 1 N–H and O–H groups in total. The lowest BCUT2D eigenvalue weighted by atomic mass is 10.2. The number of imide groups is 1. The molecule has 0 aliphatic carbocycles. The van der Waals surface area contributed by atoms with Gasteiger partial charge in [-0.3, -0.25) is 19.4 Å². The molecule has 0 radical (unpaired) electrons. The number of aryl methyl sites for hydroxylation is 1. The summed E-state index contributed by atoms with van der Waals surface area (Å²) in [5.41, 5.74) is 1.63. The van der Waals surface area contributed by atoms with Crippen LogP contribution in [0.4, 0.5) is 10.5 Å². The van der Waals surface area contributed by atoms with Crippen molar-refractivity contribution in [1.29, 1.82) is 0 Å². The molecule has 3 amide bonds. The van der Waals surface area contributed by atoms with Crippen LogP contribution in [0.25, 0.3) is 0 Å². The van der Waals surface area contributed by atoms with Crippen molar-refractivity contribution in [3.8, 4) is 0 Å². The minimum absolute atomic E-state index is 0.493. The number of carboxylic acid groups (broad SMARTS) is 1. The van der Waals surface area contributed by atoms with Gasteiger partial charge in [-0.25, -0.2) is 4.79 Å². The summed E-state index contributed by atoms with van der Waals surface area (Å²) in [7, 11) is 0. The molecule has 1 heterocycles. The fourth-order valence-electron chi connectivity index (χ4n) is 2.05. The maximum atomic E-state index is 12.1. The number of aliphatic carboxylic acids is 1. The molecule has 19 heavy (non-hydrogen) atoms. The number of anilines is 1. The summed E-state index contributed by atoms with van der Waals surface area (Å²) in [6.07, 6.45) is 0. The number of carbonyl (C=O) groups excluding carboxylic acids is 2. The molecular weight excluding hydrogens is 248 g/mol. The van der Waals surface area contributed by atoms with Crippen molar-refractivity contribution < 1.29 is 19.5 Å². The third kappa shape index (κ3) is 2.29. The topological polar surface area (TPSA) is 77.9 Å². The van der Waals surface area contributed by atoms with E-state index < -0.39 is 30.5 Å². The lowest BCUT2D eigenvalue weighted by Crippen LogP contribution is -2.36. The van der Waals surface area contributed by atoms with E-state index in [1.165, 1.54) is 4.90 Å². The largest absolute Gasteiger partial charge is 0.480 e. The maximum Gasteiger partial charge on any atom is 0.332 e. The zero-order valence-electron chi connectivity index (χ0n) is 10.7. The zero-order valence-corrected chi connectivity index (χ0v) is 10.7. The Bertz CT molecular complexity index is 538. The van der Waals surface area contributed by atoms with E-state index in [1.807, 2.05) is 19.1 Å². The Hall–Kier alpha value is -2.37. The number of hydrogen-bond acceptors (Lipinski definition) is 3. The molecule has 6 nitrogen and oxygen atoms in total. The lowest BCUT2D eigenvalue weighted by Gasteiger charge is -2.19. The van der Waals surface area contributed by atoms with Crippen LogP contribution in [-0.2, 0) is 9.59 Å². The van der Waals surface area contributed by atoms with E-state index in [4.69, 9.17) is 5.11 Å². The summed E-state index contributed by atoms with van der Waals surface area (Å²) in [6.45, 7) is 2.90. The molecule has 1 aliphatic rings. The van der Waals surface area contributed by atoms with Crippen LogP contribution in [0.2, 0.25) is 0 Å². The first-order valence-electron chi connectivity index (χ1n) is 5.85. The smallest absolute Gasteiger partial charge is 0.332 e. The fraction of sp³-hybridized carbons (Fsp3) is 0.308. The van der Waals surface area contributed by atoms with E-state index >= 15 is 0 Å². The van der Waals surface area contributed by atoms with Crippen LogP contribution in [0.1, 0.15) is 12.5 Å². The molecule has 6 heteroatoms. The van der Waals surface area contributed by atoms with Gasteiger partial charge >= 0.3 is 12.0 Å². The molecule has 1 aromatic carbocycles. The van der Waals surface area contributed by atoms with Gasteiger partial charge in [-0.05, 0) is 26.0 Å². The first kappa shape index (κ1) is 13.1. The van der Waals surface area contributed by atoms with Crippen LogP contribution < -0.4 is 4.90 Å². The van der Waals surface area contributed by atoms with E-state index in [2.05, 4.69) is 0 Å². The Morgan fingerprint density at radius 3 is 2.37 bits per heavy atom. The van der Waals surface area contributed by atoms with Crippen LogP contribution in [0, 0.1) is 6.92 Å². The average molecular weight is 262 g/mol. The molecule has 1 aromatic rings. The summed E-state index contributed by atoms with van der Waals surface area (Å²) in [6, 6.07) is 5.86. The molecule has 100 valence electrons. The highest BCUT2D eigenvalue weighted by Crippen LogP contribution is 2.25. The Kier molecular flexibility index (Phi) is 3.25. The van der Waals surface area contributed by atoms with Gasteiger partial charge in [-0.1, -0.05) is 17.7 Å². The minimum atomic E-state index is -1.21. The molecule has 1 aliphatic heterocycles. The van der Waals surface area contributed by atoms with Crippen molar-refractivity contribution in [2.45, 2.75) is 19.9 Å². The Balaban J connectivity index is 2.32. The van der Waals surface area contributed by atoms with E-state index in [9.17, 15) is 14.4 Å². The molecular formula is C13H14N2O4. The van der Waals surface area contributed by atoms with E-state index in [0.29, 0.717) is 5.69 Å². The molecule has 1 atom stereocenters. The number of carbonyl (C=O) groups is 3. The molecule has 1 fully saturated rings. The number of nitrogens with zero attached hydrogens (tertiary/aromatic N) is 2. The molecule has 1 saturated heterocycles. The first-order valence-corrected chi connectivity index (χ1v) is 5.85. The second kappa shape index (κ2) is 4.72. The highest BCUT2D eigenvalue weighted by molar-refractivity contribution is 6.15. The molecule has 0 spiro atoms. The van der Waals surface area contributed by atoms with Gasteiger partial charge < -0.3 is 5.11 Å². The summed E-state index contributed by atoms with van der Waals surface area (Å²) < 4.78 is 0. The predicted molar refractivity (Wildman–Crippen MR) is 67.9 cm³/mol. The zero-order chi connectivity index (χ0) is 14.2.